The second-order valence-corrected chi connectivity index (χ2v) is 6.99. The van der Waals surface area contributed by atoms with Crippen molar-refractivity contribution in [3.05, 3.63) is 72.4 Å². The number of rotatable bonds is 2. The molecule has 7 nitrogen and oxygen atoms in total. The molecule has 1 aliphatic heterocycles. The lowest BCUT2D eigenvalue weighted by Crippen LogP contribution is -2.46. The van der Waals surface area contributed by atoms with Crippen molar-refractivity contribution in [1.82, 2.24) is 19.2 Å². The number of hydrogen-bond donors (Lipinski definition) is 1. The quantitative estimate of drug-likeness (QED) is 0.548. The summed E-state index contributed by atoms with van der Waals surface area (Å²) in [5.74, 6) is -0.380. The number of carbonyl (C=O) groups excluding carboxylic acids is 1. The highest BCUT2D eigenvalue weighted by atomic mass is 19.4. The summed E-state index contributed by atoms with van der Waals surface area (Å²) in [6, 6.07) is 8.10. The highest BCUT2D eigenvalue weighted by molar-refractivity contribution is 6.09. The van der Waals surface area contributed by atoms with E-state index in [9.17, 15) is 18.0 Å². The highest BCUT2D eigenvalue weighted by Gasteiger charge is 2.35. The molecule has 2 N–H and O–H groups in total. The predicted octanol–water partition coefficient (Wildman–Crippen LogP) is 3.33. The molecule has 3 aromatic heterocycles. The van der Waals surface area contributed by atoms with Crippen LogP contribution in [0.1, 0.15) is 22.2 Å². The molecule has 0 fully saturated rings. The first kappa shape index (κ1) is 18.4. The Morgan fingerprint density at radius 2 is 1.87 bits per heavy atom. The zero-order chi connectivity index (χ0) is 21.0. The van der Waals surface area contributed by atoms with Gasteiger partial charge in [-0.15, -0.1) is 0 Å². The van der Waals surface area contributed by atoms with Crippen molar-refractivity contribution in [2.24, 2.45) is 5.73 Å². The van der Waals surface area contributed by atoms with Crippen LogP contribution in [-0.2, 0) is 6.18 Å². The fourth-order valence-corrected chi connectivity index (χ4v) is 3.65. The first-order valence-corrected chi connectivity index (χ1v) is 9.08. The second-order valence-electron chi connectivity index (χ2n) is 6.99. The summed E-state index contributed by atoms with van der Waals surface area (Å²) in [6.07, 6.45) is 1.78. The van der Waals surface area contributed by atoms with Crippen LogP contribution in [0.4, 0.5) is 18.9 Å². The molecule has 0 saturated carbocycles. The Morgan fingerprint density at radius 1 is 1.10 bits per heavy atom. The van der Waals surface area contributed by atoms with Gasteiger partial charge in [0.1, 0.15) is 17.5 Å². The molecule has 30 heavy (non-hydrogen) atoms. The zero-order valence-corrected chi connectivity index (χ0v) is 15.4. The Labute approximate surface area is 168 Å². The van der Waals surface area contributed by atoms with Gasteiger partial charge in [-0.1, -0.05) is 0 Å². The summed E-state index contributed by atoms with van der Waals surface area (Å²) in [5.41, 5.74) is 8.15. The molecule has 0 unspecified atom stereocenters. The van der Waals surface area contributed by atoms with Gasteiger partial charge >= 0.3 is 6.18 Å². The van der Waals surface area contributed by atoms with E-state index in [1.807, 2.05) is 22.7 Å². The maximum atomic E-state index is 13.3. The number of pyridine rings is 1. The van der Waals surface area contributed by atoms with E-state index in [1.54, 1.807) is 18.6 Å². The van der Waals surface area contributed by atoms with Crippen LogP contribution in [0.15, 0.2) is 61.2 Å². The molecule has 0 bridgehead atoms. The number of imidazole rings is 1. The first-order chi connectivity index (χ1) is 14.3. The van der Waals surface area contributed by atoms with Crippen molar-refractivity contribution in [3.8, 4) is 11.1 Å². The molecule has 0 spiro atoms. The molecule has 1 aliphatic rings. The van der Waals surface area contributed by atoms with E-state index in [1.165, 1.54) is 21.7 Å². The Kier molecular flexibility index (Phi) is 3.93. The Morgan fingerprint density at radius 3 is 2.60 bits per heavy atom. The van der Waals surface area contributed by atoms with E-state index in [0.29, 0.717) is 11.3 Å². The maximum absolute atomic E-state index is 13.3. The number of benzene rings is 1. The Bertz CT molecular complexity index is 1260. The number of carbonyl (C=O) groups is 1. The largest absolute Gasteiger partial charge is 0.416 e. The van der Waals surface area contributed by atoms with Crippen LogP contribution in [0, 0.1) is 0 Å². The van der Waals surface area contributed by atoms with E-state index >= 15 is 0 Å². The van der Waals surface area contributed by atoms with Crippen LogP contribution in [0.5, 0.6) is 0 Å². The third-order valence-corrected chi connectivity index (χ3v) is 5.13. The van der Waals surface area contributed by atoms with Crippen LogP contribution < -0.4 is 10.6 Å². The molecule has 10 heteroatoms. The fourth-order valence-electron chi connectivity index (χ4n) is 3.65. The van der Waals surface area contributed by atoms with Gasteiger partial charge in [-0.05, 0) is 36.4 Å². The number of fused-ring (bicyclic) bond motifs is 2. The minimum atomic E-state index is -4.45. The standard InChI is InChI=1S/C20H15F3N6O/c21-20(22,23)13-2-4-14(5-3-13)28-11-16(24)29-18(19(28)30)15(9-26-29)12-1-6-17-25-7-8-27(17)10-12/h1-10,16H,11,24H2/t16-/m1/s1. The van der Waals surface area contributed by atoms with Crippen LogP contribution in [0.25, 0.3) is 16.8 Å². The monoisotopic (exact) mass is 412 g/mol. The zero-order valence-electron chi connectivity index (χ0n) is 15.4. The van der Waals surface area contributed by atoms with Crippen LogP contribution in [0.2, 0.25) is 0 Å². The second kappa shape index (κ2) is 6.42. The van der Waals surface area contributed by atoms with Crippen molar-refractivity contribution in [3.63, 3.8) is 0 Å². The minimum Gasteiger partial charge on any atom is -0.308 e. The molecule has 152 valence electrons. The van der Waals surface area contributed by atoms with E-state index < -0.39 is 17.9 Å². The number of amides is 1. The molecule has 0 saturated heterocycles. The van der Waals surface area contributed by atoms with Gasteiger partial charge in [0.2, 0.25) is 0 Å². The van der Waals surface area contributed by atoms with Gasteiger partial charge in [-0.25, -0.2) is 9.67 Å². The molecular weight excluding hydrogens is 397 g/mol. The SMILES string of the molecule is N[C@H]1CN(c2ccc(C(F)(F)F)cc2)C(=O)c2c(-c3ccc4nccn4c3)cnn21. The molecule has 1 aromatic carbocycles. The number of hydrogen-bond acceptors (Lipinski definition) is 4. The van der Waals surface area contributed by atoms with Crippen LogP contribution >= 0.6 is 0 Å². The van der Waals surface area contributed by atoms with Gasteiger partial charge in [0.15, 0.2) is 0 Å². The van der Waals surface area contributed by atoms with Gasteiger partial charge in [0, 0.05) is 35.4 Å². The Balaban J connectivity index is 1.56. The van der Waals surface area contributed by atoms with E-state index in [-0.39, 0.29) is 18.1 Å². The van der Waals surface area contributed by atoms with E-state index in [4.69, 9.17) is 5.73 Å². The first-order valence-electron chi connectivity index (χ1n) is 9.08. The summed E-state index contributed by atoms with van der Waals surface area (Å²) in [7, 11) is 0. The summed E-state index contributed by atoms with van der Waals surface area (Å²) in [4.78, 5) is 18.9. The molecule has 1 atom stereocenters. The number of nitrogens with zero attached hydrogens (tertiary/aromatic N) is 5. The maximum Gasteiger partial charge on any atom is 0.416 e. The lowest BCUT2D eigenvalue weighted by molar-refractivity contribution is -0.137. The lowest BCUT2D eigenvalue weighted by atomic mass is 10.1. The van der Waals surface area contributed by atoms with E-state index in [0.717, 1.165) is 23.3 Å². The van der Waals surface area contributed by atoms with Gasteiger partial charge < -0.3 is 15.0 Å². The van der Waals surface area contributed by atoms with Crippen LogP contribution in [-0.4, -0.2) is 31.6 Å². The molecule has 0 radical (unpaired) electrons. The molecular formula is C20H15F3N6O. The topological polar surface area (TPSA) is 81.4 Å². The third-order valence-electron chi connectivity index (χ3n) is 5.13. The fraction of sp³-hybridized carbons (Fsp3) is 0.150. The highest BCUT2D eigenvalue weighted by Crippen LogP contribution is 2.34. The summed E-state index contributed by atoms with van der Waals surface area (Å²) in [6.45, 7) is 0.0961. The number of aromatic nitrogens is 4. The van der Waals surface area contributed by atoms with Crippen molar-refractivity contribution in [2.75, 3.05) is 11.4 Å². The summed E-state index contributed by atoms with van der Waals surface area (Å²) < 4.78 is 41.9. The minimum absolute atomic E-state index is 0.0961. The van der Waals surface area contributed by atoms with Gasteiger partial charge in [0.05, 0.1) is 18.3 Å². The van der Waals surface area contributed by atoms with Crippen LogP contribution in [0.3, 0.4) is 0 Å². The molecule has 4 aromatic rings. The van der Waals surface area contributed by atoms with Crippen molar-refractivity contribution < 1.29 is 18.0 Å². The van der Waals surface area contributed by atoms with Crippen molar-refractivity contribution in [1.29, 1.82) is 0 Å². The average molecular weight is 412 g/mol. The Hall–Kier alpha value is -3.66. The predicted molar refractivity (Wildman–Crippen MR) is 103 cm³/mol. The van der Waals surface area contributed by atoms with Gasteiger partial charge in [-0.3, -0.25) is 4.79 Å². The van der Waals surface area contributed by atoms with E-state index in [2.05, 4.69) is 10.1 Å². The number of anilines is 1. The number of nitrogens with two attached hydrogens (primary N) is 1. The molecule has 5 rings (SSSR count). The normalized spacial score (nSPS) is 16.9. The number of alkyl halides is 3. The summed E-state index contributed by atoms with van der Waals surface area (Å²) in [5, 5.41) is 4.28. The number of halogens is 3. The van der Waals surface area contributed by atoms with Crippen molar-refractivity contribution >= 4 is 17.2 Å². The van der Waals surface area contributed by atoms with Gasteiger partial charge in [-0.2, -0.15) is 18.3 Å². The van der Waals surface area contributed by atoms with Crippen molar-refractivity contribution in [2.45, 2.75) is 12.3 Å². The summed E-state index contributed by atoms with van der Waals surface area (Å²) >= 11 is 0. The average Bonchev–Trinajstić information content (AvgIpc) is 3.37. The molecule has 0 aliphatic carbocycles. The molecule has 4 heterocycles. The van der Waals surface area contributed by atoms with Gasteiger partial charge in [0.25, 0.3) is 5.91 Å². The third kappa shape index (κ3) is 2.84. The lowest BCUT2D eigenvalue weighted by Gasteiger charge is -2.32. The molecule has 1 amide bonds. The smallest absolute Gasteiger partial charge is 0.308 e.